The molecule has 3 heteroatoms. The molecule has 0 saturated heterocycles. The van der Waals surface area contributed by atoms with Crippen LogP contribution in [-0.4, -0.2) is 22.3 Å². The van der Waals surface area contributed by atoms with Crippen molar-refractivity contribution < 1.29 is 14.6 Å². The van der Waals surface area contributed by atoms with Crippen LogP contribution in [0.25, 0.3) is 0 Å². The Kier molecular flexibility index (Phi) is 3.06. The molecule has 0 radical (unpaired) electrons. The van der Waals surface area contributed by atoms with Crippen molar-refractivity contribution in [1.29, 1.82) is 0 Å². The predicted molar refractivity (Wildman–Crippen MR) is 60.9 cm³/mol. The highest BCUT2D eigenvalue weighted by Crippen LogP contribution is 2.49. The second kappa shape index (κ2) is 4.21. The quantitative estimate of drug-likeness (QED) is 0.578. The molecule has 0 aromatic heterocycles. The third kappa shape index (κ3) is 1.77. The number of rotatable bonds is 2. The van der Waals surface area contributed by atoms with Gasteiger partial charge < -0.3 is 9.84 Å². The van der Waals surface area contributed by atoms with E-state index in [0.29, 0.717) is 0 Å². The molecule has 0 spiro atoms. The Hall–Kier alpha value is -0.830. The summed E-state index contributed by atoms with van der Waals surface area (Å²) in [7, 11) is 0. The number of carbonyl (C=O) groups is 1. The van der Waals surface area contributed by atoms with Crippen LogP contribution in [0.5, 0.6) is 0 Å². The van der Waals surface area contributed by atoms with Crippen LogP contribution in [0, 0.1) is 0 Å². The van der Waals surface area contributed by atoms with E-state index in [1.165, 1.54) is 6.08 Å². The minimum absolute atomic E-state index is 0.401. The molecule has 0 aliphatic heterocycles. The molecule has 3 nitrogen and oxygen atoms in total. The van der Waals surface area contributed by atoms with Gasteiger partial charge in [0.05, 0.1) is 0 Å². The molecule has 0 aromatic rings. The highest BCUT2D eigenvalue weighted by molar-refractivity contribution is 5.81. The zero-order valence-electron chi connectivity index (χ0n) is 9.71. The van der Waals surface area contributed by atoms with Gasteiger partial charge in [0.2, 0.25) is 0 Å². The fraction of sp³-hybridized carbons (Fsp3) is 0.769. The van der Waals surface area contributed by atoms with Crippen molar-refractivity contribution in [3.8, 4) is 0 Å². The summed E-state index contributed by atoms with van der Waals surface area (Å²) < 4.78 is 5.53. The Morgan fingerprint density at radius 2 is 1.62 bits per heavy atom. The first kappa shape index (κ1) is 11.6. The van der Waals surface area contributed by atoms with Crippen LogP contribution < -0.4 is 0 Å². The number of hydrogen-bond acceptors (Lipinski definition) is 3. The van der Waals surface area contributed by atoms with E-state index in [1.807, 2.05) is 0 Å². The monoisotopic (exact) mass is 224 g/mol. The SMILES string of the molecule is C=CC(=O)O[C@]12CCCC[C@@]1(O)CCCC2. The van der Waals surface area contributed by atoms with E-state index in [0.717, 1.165) is 51.4 Å². The molecule has 2 rings (SSSR count). The molecule has 1 N–H and O–H groups in total. The minimum Gasteiger partial charge on any atom is -0.453 e. The molecule has 0 unspecified atom stereocenters. The molecule has 90 valence electrons. The maximum atomic E-state index is 11.4. The van der Waals surface area contributed by atoms with Crippen LogP contribution in [0.4, 0.5) is 0 Å². The van der Waals surface area contributed by atoms with Gasteiger partial charge in [0.1, 0.15) is 11.2 Å². The maximum Gasteiger partial charge on any atom is 0.330 e. The van der Waals surface area contributed by atoms with Crippen molar-refractivity contribution in [2.75, 3.05) is 0 Å². The summed E-state index contributed by atoms with van der Waals surface area (Å²) in [6.07, 6.45) is 8.44. The van der Waals surface area contributed by atoms with Gasteiger partial charge in [-0.15, -0.1) is 0 Å². The third-order valence-corrected chi connectivity index (χ3v) is 4.15. The Balaban J connectivity index is 2.23. The lowest BCUT2D eigenvalue weighted by atomic mass is 9.64. The van der Waals surface area contributed by atoms with Crippen molar-refractivity contribution in [1.82, 2.24) is 0 Å². The summed E-state index contributed by atoms with van der Waals surface area (Å²) in [5.74, 6) is -0.401. The lowest BCUT2D eigenvalue weighted by molar-refractivity contribution is -0.219. The van der Waals surface area contributed by atoms with Crippen molar-refractivity contribution >= 4 is 5.97 Å². The van der Waals surface area contributed by atoms with Crippen LogP contribution in [-0.2, 0) is 9.53 Å². The molecule has 0 atom stereocenters. The van der Waals surface area contributed by atoms with E-state index in [1.54, 1.807) is 0 Å². The highest BCUT2D eigenvalue weighted by Gasteiger charge is 2.55. The molecular weight excluding hydrogens is 204 g/mol. The molecule has 0 aromatic carbocycles. The van der Waals surface area contributed by atoms with Crippen LogP contribution in [0.2, 0.25) is 0 Å². The van der Waals surface area contributed by atoms with Gasteiger partial charge in [0, 0.05) is 6.08 Å². The molecule has 16 heavy (non-hydrogen) atoms. The lowest BCUT2D eigenvalue weighted by Gasteiger charge is -2.52. The first-order chi connectivity index (χ1) is 7.62. The summed E-state index contributed by atoms with van der Waals surface area (Å²) in [4.78, 5) is 11.4. The Bertz CT molecular complexity index is 284. The Labute approximate surface area is 96.5 Å². The van der Waals surface area contributed by atoms with Crippen molar-refractivity contribution in [2.24, 2.45) is 0 Å². The molecule has 2 fully saturated rings. The van der Waals surface area contributed by atoms with Gasteiger partial charge in [-0.25, -0.2) is 4.79 Å². The zero-order valence-corrected chi connectivity index (χ0v) is 9.71. The first-order valence-corrected chi connectivity index (χ1v) is 6.20. The number of ether oxygens (including phenoxy) is 1. The second-order valence-corrected chi connectivity index (χ2v) is 5.07. The zero-order chi connectivity index (χ0) is 11.6. The van der Waals surface area contributed by atoms with Crippen LogP contribution in [0.1, 0.15) is 51.4 Å². The Morgan fingerprint density at radius 1 is 1.12 bits per heavy atom. The van der Waals surface area contributed by atoms with E-state index in [2.05, 4.69) is 6.58 Å². The van der Waals surface area contributed by atoms with Gasteiger partial charge in [-0.3, -0.25) is 0 Å². The highest BCUT2D eigenvalue weighted by atomic mass is 16.6. The minimum atomic E-state index is -0.790. The number of esters is 1. The van der Waals surface area contributed by atoms with Crippen molar-refractivity contribution in [2.45, 2.75) is 62.6 Å². The fourth-order valence-electron chi connectivity index (χ4n) is 3.26. The first-order valence-electron chi connectivity index (χ1n) is 6.20. The average Bonchev–Trinajstić information content (AvgIpc) is 2.29. The summed E-state index contributed by atoms with van der Waals surface area (Å²) in [5, 5.41) is 10.7. The topological polar surface area (TPSA) is 46.5 Å². The summed E-state index contributed by atoms with van der Waals surface area (Å²) in [6, 6.07) is 0. The summed E-state index contributed by atoms with van der Waals surface area (Å²) >= 11 is 0. The van der Waals surface area contributed by atoms with Gasteiger partial charge in [-0.2, -0.15) is 0 Å². The number of carbonyl (C=O) groups excluding carboxylic acids is 1. The van der Waals surface area contributed by atoms with Gasteiger partial charge in [0.25, 0.3) is 0 Å². The number of fused-ring (bicyclic) bond motifs is 1. The van der Waals surface area contributed by atoms with Gasteiger partial charge in [0.15, 0.2) is 0 Å². The molecule has 0 amide bonds. The summed E-state index contributed by atoms with van der Waals surface area (Å²) in [6.45, 7) is 3.43. The molecule has 0 bridgehead atoms. The largest absolute Gasteiger partial charge is 0.453 e. The smallest absolute Gasteiger partial charge is 0.330 e. The molecule has 0 heterocycles. The van der Waals surface area contributed by atoms with Gasteiger partial charge in [-0.05, 0) is 38.5 Å². The van der Waals surface area contributed by atoms with E-state index < -0.39 is 17.2 Å². The summed E-state index contributed by atoms with van der Waals surface area (Å²) in [5.41, 5.74) is -1.42. The van der Waals surface area contributed by atoms with E-state index in [4.69, 9.17) is 4.74 Å². The normalized spacial score (nSPS) is 38.6. The van der Waals surface area contributed by atoms with Gasteiger partial charge >= 0.3 is 5.97 Å². The van der Waals surface area contributed by atoms with Crippen molar-refractivity contribution in [3.05, 3.63) is 12.7 Å². The predicted octanol–water partition coefficient (Wildman–Crippen LogP) is 2.33. The molecule has 2 aliphatic carbocycles. The number of aliphatic hydroxyl groups is 1. The average molecular weight is 224 g/mol. The van der Waals surface area contributed by atoms with Gasteiger partial charge in [-0.1, -0.05) is 19.4 Å². The van der Waals surface area contributed by atoms with E-state index in [9.17, 15) is 9.90 Å². The standard InChI is InChI=1S/C13H20O3/c1-2-11(14)16-13-9-5-3-7-12(13,15)8-4-6-10-13/h2,15H,1,3-10H2/t12-,13+. The van der Waals surface area contributed by atoms with Crippen LogP contribution in [0.15, 0.2) is 12.7 Å². The van der Waals surface area contributed by atoms with E-state index >= 15 is 0 Å². The van der Waals surface area contributed by atoms with E-state index in [-0.39, 0.29) is 0 Å². The number of hydrogen-bond donors (Lipinski definition) is 1. The molecule has 2 saturated carbocycles. The third-order valence-electron chi connectivity index (χ3n) is 4.15. The molecule has 2 aliphatic rings. The Morgan fingerprint density at radius 3 is 2.12 bits per heavy atom. The fourth-order valence-corrected chi connectivity index (χ4v) is 3.26. The molecular formula is C13H20O3. The van der Waals surface area contributed by atoms with Crippen LogP contribution >= 0.6 is 0 Å². The lowest BCUT2D eigenvalue weighted by Crippen LogP contribution is -2.60. The van der Waals surface area contributed by atoms with Crippen LogP contribution in [0.3, 0.4) is 0 Å². The maximum absolute atomic E-state index is 11.4. The van der Waals surface area contributed by atoms with Crippen molar-refractivity contribution in [3.63, 3.8) is 0 Å². The second-order valence-electron chi connectivity index (χ2n) is 5.07.